The van der Waals surface area contributed by atoms with Crippen molar-refractivity contribution in [2.45, 2.75) is 23.9 Å². The number of Topliss-reactive ketones (excluding diaryl/α,β-unsaturated/α-hetero) is 1. The van der Waals surface area contributed by atoms with Crippen LogP contribution >= 0.6 is 11.6 Å². The van der Waals surface area contributed by atoms with Crippen LogP contribution < -0.4 is 0 Å². The molecule has 0 spiro atoms. The standard InChI is InChI=1S/C22H18ClNO3S/c1-15-11-13-17(14-12-15)28(26,27)24-20(18-9-5-6-10-19(18)23)21(24)22(25)16-7-3-2-4-8-16/h2-14,20-21H,1H3/t20-,21+,24?/m0/s1. The molecular formula is C22H18ClNO3S. The minimum Gasteiger partial charge on any atom is -0.292 e. The van der Waals surface area contributed by atoms with Gasteiger partial charge in [0.1, 0.15) is 6.04 Å². The molecule has 1 saturated heterocycles. The lowest BCUT2D eigenvalue weighted by molar-refractivity contribution is 0.0981. The minimum atomic E-state index is -3.84. The highest BCUT2D eigenvalue weighted by Gasteiger charge is 2.60. The molecule has 3 aromatic rings. The summed E-state index contributed by atoms with van der Waals surface area (Å²) in [5.41, 5.74) is 2.07. The van der Waals surface area contributed by atoms with Crippen molar-refractivity contribution in [3.05, 3.63) is 101 Å². The SMILES string of the molecule is Cc1ccc(S(=O)(=O)N2[C@@H](C(=O)c3ccccc3)[C@@H]2c2ccccc2Cl)cc1. The van der Waals surface area contributed by atoms with Gasteiger partial charge in [0.15, 0.2) is 5.78 Å². The predicted molar refractivity (Wildman–Crippen MR) is 109 cm³/mol. The van der Waals surface area contributed by atoms with Gasteiger partial charge in [0, 0.05) is 10.6 Å². The van der Waals surface area contributed by atoms with Gasteiger partial charge >= 0.3 is 0 Å². The smallest absolute Gasteiger partial charge is 0.244 e. The topological polar surface area (TPSA) is 54.2 Å². The first-order valence-electron chi connectivity index (χ1n) is 8.85. The first-order chi connectivity index (χ1) is 13.4. The lowest BCUT2D eigenvalue weighted by Crippen LogP contribution is -2.19. The number of hydrogen-bond acceptors (Lipinski definition) is 3. The summed E-state index contributed by atoms with van der Waals surface area (Å²) < 4.78 is 27.8. The Morgan fingerprint density at radius 1 is 0.893 bits per heavy atom. The molecule has 0 amide bonds. The van der Waals surface area contributed by atoms with Crippen LogP contribution in [0.2, 0.25) is 5.02 Å². The number of benzene rings is 3. The highest BCUT2D eigenvalue weighted by molar-refractivity contribution is 7.89. The van der Waals surface area contributed by atoms with E-state index in [1.54, 1.807) is 72.8 Å². The van der Waals surface area contributed by atoms with Crippen LogP contribution in [0.5, 0.6) is 0 Å². The molecule has 1 fully saturated rings. The quantitative estimate of drug-likeness (QED) is 0.453. The summed E-state index contributed by atoms with van der Waals surface area (Å²) in [6.07, 6.45) is 0. The molecule has 6 heteroatoms. The summed E-state index contributed by atoms with van der Waals surface area (Å²) in [6.45, 7) is 1.89. The van der Waals surface area contributed by atoms with Crippen LogP contribution in [0.3, 0.4) is 0 Å². The summed E-state index contributed by atoms with van der Waals surface area (Å²) in [6, 6.07) is 21.0. The van der Waals surface area contributed by atoms with Gasteiger partial charge in [-0.25, -0.2) is 8.42 Å². The maximum atomic E-state index is 13.3. The number of sulfonamides is 1. The molecule has 0 aliphatic carbocycles. The second kappa shape index (κ2) is 7.17. The third-order valence-corrected chi connectivity index (χ3v) is 7.13. The largest absolute Gasteiger partial charge is 0.292 e. The average molecular weight is 412 g/mol. The van der Waals surface area contributed by atoms with Gasteiger partial charge in [0.05, 0.1) is 10.9 Å². The van der Waals surface area contributed by atoms with Crippen molar-refractivity contribution in [2.75, 3.05) is 0 Å². The van der Waals surface area contributed by atoms with Crippen molar-refractivity contribution < 1.29 is 13.2 Å². The number of rotatable bonds is 5. The van der Waals surface area contributed by atoms with Crippen molar-refractivity contribution in [3.8, 4) is 0 Å². The summed E-state index contributed by atoms with van der Waals surface area (Å²) in [4.78, 5) is 13.3. The van der Waals surface area contributed by atoms with Crippen molar-refractivity contribution in [2.24, 2.45) is 0 Å². The van der Waals surface area contributed by atoms with Gasteiger partial charge < -0.3 is 0 Å². The van der Waals surface area contributed by atoms with E-state index in [-0.39, 0.29) is 10.7 Å². The average Bonchev–Trinajstić information content (AvgIpc) is 3.45. The van der Waals surface area contributed by atoms with E-state index >= 15 is 0 Å². The zero-order chi connectivity index (χ0) is 19.9. The first-order valence-corrected chi connectivity index (χ1v) is 10.7. The van der Waals surface area contributed by atoms with Crippen molar-refractivity contribution in [1.29, 1.82) is 0 Å². The molecule has 0 saturated carbocycles. The Morgan fingerprint density at radius 3 is 2.14 bits per heavy atom. The molecule has 142 valence electrons. The van der Waals surface area contributed by atoms with Crippen molar-refractivity contribution in [3.63, 3.8) is 0 Å². The third kappa shape index (κ3) is 3.26. The lowest BCUT2D eigenvalue weighted by atomic mass is 10.0. The van der Waals surface area contributed by atoms with Crippen LogP contribution in [0, 0.1) is 6.92 Å². The molecule has 0 radical (unpaired) electrons. The monoisotopic (exact) mass is 411 g/mol. The number of halogens is 1. The first kappa shape index (κ1) is 18.9. The van der Waals surface area contributed by atoms with Crippen molar-refractivity contribution >= 4 is 27.4 Å². The van der Waals surface area contributed by atoms with E-state index in [0.717, 1.165) is 5.56 Å². The highest BCUT2D eigenvalue weighted by Crippen LogP contribution is 2.50. The summed E-state index contributed by atoms with van der Waals surface area (Å²) in [5, 5.41) is 0.444. The van der Waals surface area contributed by atoms with E-state index < -0.39 is 22.1 Å². The van der Waals surface area contributed by atoms with Crippen LogP contribution in [0.25, 0.3) is 0 Å². The molecular weight excluding hydrogens is 394 g/mol. The van der Waals surface area contributed by atoms with E-state index in [1.165, 1.54) is 4.31 Å². The Labute approximate surface area is 169 Å². The molecule has 0 N–H and O–H groups in total. The van der Waals surface area contributed by atoms with Crippen molar-refractivity contribution in [1.82, 2.24) is 4.31 Å². The molecule has 3 aromatic carbocycles. The Bertz CT molecular complexity index is 1130. The van der Waals surface area contributed by atoms with Gasteiger partial charge in [-0.1, -0.05) is 77.8 Å². The number of aryl methyl sites for hydroxylation is 1. The maximum absolute atomic E-state index is 13.3. The summed E-state index contributed by atoms with van der Waals surface area (Å²) >= 11 is 6.32. The summed E-state index contributed by atoms with van der Waals surface area (Å²) in [5.74, 6) is -0.235. The predicted octanol–water partition coefficient (Wildman–Crippen LogP) is 4.65. The number of carbonyl (C=O) groups is 1. The molecule has 1 heterocycles. The second-order valence-corrected chi connectivity index (χ2v) is 9.04. The number of hydrogen-bond donors (Lipinski definition) is 0. The number of carbonyl (C=O) groups excluding carboxylic acids is 1. The summed E-state index contributed by atoms with van der Waals surface area (Å²) in [7, 11) is -3.84. The molecule has 0 aromatic heterocycles. The van der Waals surface area contributed by atoms with E-state index in [2.05, 4.69) is 0 Å². The van der Waals surface area contributed by atoms with Crippen LogP contribution in [-0.4, -0.2) is 24.5 Å². The Morgan fingerprint density at radius 2 is 1.50 bits per heavy atom. The molecule has 4 nitrogen and oxygen atoms in total. The number of ketones is 1. The van der Waals surface area contributed by atoms with Crippen LogP contribution in [0.1, 0.15) is 27.5 Å². The molecule has 4 rings (SSSR count). The minimum absolute atomic E-state index is 0.165. The fourth-order valence-electron chi connectivity index (χ4n) is 3.40. The van der Waals surface area contributed by atoms with Gasteiger partial charge in [0.25, 0.3) is 0 Å². The zero-order valence-electron chi connectivity index (χ0n) is 15.1. The molecule has 1 aliphatic heterocycles. The van der Waals surface area contributed by atoms with Crippen LogP contribution in [0.4, 0.5) is 0 Å². The Hall–Kier alpha value is -2.47. The molecule has 3 atom stereocenters. The lowest BCUT2D eigenvalue weighted by Gasteiger charge is -2.08. The maximum Gasteiger partial charge on any atom is 0.244 e. The molecule has 28 heavy (non-hydrogen) atoms. The van der Waals surface area contributed by atoms with Gasteiger partial charge in [-0.3, -0.25) is 4.79 Å². The van der Waals surface area contributed by atoms with E-state index in [1.807, 2.05) is 13.0 Å². The third-order valence-electron chi connectivity index (χ3n) is 4.90. The van der Waals surface area contributed by atoms with Crippen LogP contribution in [0.15, 0.2) is 83.8 Å². The highest BCUT2D eigenvalue weighted by atomic mass is 35.5. The van der Waals surface area contributed by atoms with Gasteiger partial charge in [0.2, 0.25) is 10.0 Å². The Kier molecular flexibility index (Phi) is 4.83. The number of nitrogens with zero attached hydrogens (tertiary/aromatic N) is 1. The second-order valence-electron chi connectivity index (χ2n) is 6.79. The Balaban J connectivity index is 1.78. The van der Waals surface area contributed by atoms with Gasteiger partial charge in [-0.15, -0.1) is 0 Å². The molecule has 1 unspecified atom stereocenters. The van der Waals surface area contributed by atoms with E-state index in [9.17, 15) is 13.2 Å². The van der Waals surface area contributed by atoms with Gasteiger partial charge in [-0.2, -0.15) is 4.31 Å². The van der Waals surface area contributed by atoms with E-state index in [4.69, 9.17) is 11.6 Å². The fourth-order valence-corrected chi connectivity index (χ4v) is 5.35. The molecule has 0 bridgehead atoms. The van der Waals surface area contributed by atoms with E-state index in [0.29, 0.717) is 16.1 Å². The normalized spacial score (nSPS) is 21.3. The van der Waals surface area contributed by atoms with Gasteiger partial charge in [-0.05, 0) is 30.7 Å². The fraction of sp³-hybridized carbons (Fsp3) is 0.136. The zero-order valence-corrected chi connectivity index (χ0v) is 16.7. The van der Waals surface area contributed by atoms with Crippen LogP contribution in [-0.2, 0) is 10.0 Å². The molecule has 1 aliphatic rings.